The highest BCUT2D eigenvalue weighted by molar-refractivity contribution is 5.96. The second-order valence-electron chi connectivity index (χ2n) is 4.16. The molecule has 18 heavy (non-hydrogen) atoms. The SMILES string of the molecule is CCNC(=O)NC(=O)C(C)N1CCCNCC1.Cl. The predicted octanol–water partition coefficient (Wildman–Crippen LogP) is -0.0623. The minimum Gasteiger partial charge on any atom is -0.338 e. The van der Waals surface area contributed by atoms with Gasteiger partial charge in [0.25, 0.3) is 0 Å². The Morgan fingerprint density at radius 1 is 1.33 bits per heavy atom. The maximum Gasteiger partial charge on any atom is 0.321 e. The number of nitrogens with one attached hydrogen (secondary N) is 3. The molecule has 6 nitrogen and oxygen atoms in total. The lowest BCUT2D eigenvalue weighted by molar-refractivity contribution is -0.124. The zero-order chi connectivity index (χ0) is 12.7. The van der Waals surface area contributed by atoms with Gasteiger partial charge in [0, 0.05) is 26.2 Å². The van der Waals surface area contributed by atoms with E-state index >= 15 is 0 Å². The number of carbonyl (C=O) groups excluding carboxylic acids is 2. The number of carbonyl (C=O) groups is 2. The van der Waals surface area contributed by atoms with E-state index in [-0.39, 0.29) is 24.4 Å². The Labute approximate surface area is 114 Å². The van der Waals surface area contributed by atoms with Crippen LogP contribution in [0.15, 0.2) is 0 Å². The van der Waals surface area contributed by atoms with Crippen molar-refractivity contribution in [2.24, 2.45) is 0 Å². The van der Waals surface area contributed by atoms with E-state index in [0.29, 0.717) is 6.54 Å². The van der Waals surface area contributed by atoms with E-state index in [4.69, 9.17) is 0 Å². The monoisotopic (exact) mass is 278 g/mol. The minimum absolute atomic E-state index is 0. The number of halogens is 1. The van der Waals surface area contributed by atoms with Crippen molar-refractivity contribution in [2.75, 3.05) is 32.7 Å². The molecule has 0 aromatic rings. The Morgan fingerprint density at radius 2 is 2.06 bits per heavy atom. The van der Waals surface area contributed by atoms with E-state index in [1.165, 1.54) is 0 Å². The molecule has 1 saturated heterocycles. The molecule has 0 spiro atoms. The first-order valence-electron chi connectivity index (χ1n) is 6.18. The van der Waals surface area contributed by atoms with Crippen molar-refractivity contribution in [3.63, 3.8) is 0 Å². The van der Waals surface area contributed by atoms with Gasteiger partial charge in [-0.25, -0.2) is 4.79 Å². The Kier molecular flexibility index (Phi) is 8.70. The van der Waals surface area contributed by atoms with Crippen LogP contribution in [0.5, 0.6) is 0 Å². The van der Waals surface area contributed by atoms with Crippen molar-refractivity contribution in [3.8, 4) is 0 Å². The first-order chi connectivity index (χ1) is 8.15. The van der Waals surface area contributed by atoms with Gasteiger partial charge in [-0.05, 0) is 26.8 Å². The fourth-order valence-corrected chi connectivity index (χ4v) is 1.84. The van der Waals surface area contributed by atoms with Gasteiger partial charge in [-0.1, -0.05) is 0 Å². The molecule has 0 aromatic carbocycles. The lowest BCUT2D eigenvalue weighted by Gasteiger charge is -2.25. The van der Waals surface area contributed by atoms with Crippen LogP contribution in [-0.4, -0.2) is 55.6 Å². The zero-order valence-corrected chi connectivity index (χ0v) is 11.8. The quantitative estimate of drug-likeness (QED) is 0.676. The van der Waals surface area contributed by atoms with Crippen LogP contribution in [0.3, 0.4) is 0 Å². The molecule has 3 amide bonds. The van der Waals surface area contributed by atoms with E-state index in [2.05, 4.69) is 20.9 Å². The Morgan fingerprint density at radius 3 is 2.72 bits per heavy atom. The molecule has 1 rings (SSSR count). The average Bonchev–Trinajstić information content (AvgIpc) is 2.56. The molecule has 0 radical (unpaired) electrons. The van der Waals surface area contributed by atoms with E-state index < -0.39 is 6.03 Å². The second kappa shape index (κ2) is 9.13. The Bertz CT molecular complexity index is 268. The first-order valence-corrected chi connectivity index (χ1v) is 6.18. The summed E-state index contributed by atoms with van der Waals surface area (Å²) in [7, 11) is 0. The molecule has 0 bridgehead atoms. The molecule has 0 saturated carbocycles. The number of imide groups is 1. The summed E-state index contributed by atoms with van der Waals surface area (Å²) in [6.07, 6.45) is 1.03. The minimum atomic E-state index is -0.419. The van der Waals surface area contributed by atoms with Crippen LogP contribution < -0.4 is 16.0 Å². The third kappa shape index (κ3) is 5.66. The molecule has 0 aliphatic carbocycles. The number of rotatable bonds is 3. The summed E-state index contributed by atoms with van der Waals surface area (Å²) >= 11 is 0. The molecule has 1 heterocycles. The van der Waals surface area contributed by atoms with Crippen molar-refractivity contribution >= 4 is 24.3 Å². The van der Waals surface area contributed by atoms with Crippen molar-refractivity contribution in [1.82, 2.24) is 20.9 Å². The summed E-state index contributed by atoms with van der Waals surface area (Å²) in [4.78, 5) is 25.1. The topological polar surface area (TPSA) is 73.5 Å². The molecular formula is C11H23ClN4O2. The highest BCUT2D eigenvalue weighted by atomic mass is 35.5. The summed E-state index contributed by atoms with van der Waals surface area (Å²) in [6, 6.07) is -0.685. The Hall–Kier alpha value is -0.850. The van der Waals surface area contributed by atoms with Gasteiger partial charge in [-0.2, -0.15) is 0 Å². The number of hydrogen-bond acceptors (Lipinski definition) is 4. The van der Waals surface area contributed by atoms with Gasteiger partial charge in [0.2, 0.25) is 5.91 Å². The average molecular weight is 279 g/mol. The van der Waals surface area contributed by atoms with Gasteiger partial charge in [0.05, 0.1) is 6.04 Å². The van der Waals surface area contributed by atoms with Crippen molar-refractivity contribution < 1.29 is 9.59 Å². The fraction of sp³-hybridized carbons (Fsp3) is 0.818. The van der Waals surface area contributed by atoms with Crippen molar-refractivity contribution in [3.05, 3.63) is 0 Å². The second-order valence-corrected chi connectivity index (χ2v) is 4.16. The van der Waals surface area contributed by atoms with Gasteiger partial charge < -0.3 is 10.6 Å². The largest absolute Gasteiger partial charge is 0.338 e. The molecule has 1 atom stereocenters. The lowest BCUT2D eigenvalue weighted by atomic mass is 10.2. The standard InChI is InChI=1S/C11H22N4O2.ClH/c1-3-13-11(17)14-10(16)9(2)15-7-4-5-12-6-8-15;/h9,12H,3-8H2,1-2H3,(H2,13,14,16,17);1H. The molecule has 1 aliphatic heterocycles. The maximum absolute atomic E-state index is 11.8. The van der Waals surface area contributed by atoms with Gasteiger partial charge in [0.15, 0.2) is 0 Å². The highest BCUT2D eigenvalue weighted by Gasteiger charge is 2.22. The van der Waals surface area contributed by atoms with Crippen LogP contribution in [0.4, 0.5) is 4.79 Å². The molecule has 3 N–H and O–H groups in total. The molecule has 1 fully saturated rings. The van der Waals surface area contributed by atoms with Crippen LogP contribution in [0.2, 0.25) is 0 Å². The van der Waals surface area contributed by atoms with Crippen LogP contribution in [0, 0.1) is 0 Å². The van der Waals surface area contributed by atoms with Gasteiger partial charge in [-0.3, -0.25) is 15.0 Å². The number of nitrogens with zero attached hydrogens (tertiary/aromatic N) is 1. The summed E-state index contributed by atoms with van der Waals surface area (Å²) in [5, 5.41) is 8.17. The fourth-order valence-electron chi connectivity index (χ4n) is 1.84. The highest BCUT2D eigenvalue weighted by Crippen LogP contribution is 2.02. The van der Waals surface area contributed by atoms with Gasteiger partial charge in [0.1, 0.15) is 0 Å². The first kappa shape index (κ1) is 17.2. The van der Waals surface area contributed by atoms with Crippen LogP contribution in [0.1, 0.15) is 20.3 Å². The summed E-state index contributed by atoms with van der Waals surface area (Å²) in [5.41, 5.74) is 0. The van der Waals surface area contributed by atoms with Crippen molar-refractivity contribution in [2.45, 2.75) is 26.3 Å². The van der Waals surface area contributed by atoms with Crippen LogP contribution in [-0.2, 0) is 4.79 Å². The van der Waals surface area contributed by atoms with Crippen LogP contribution in [0.25, 0.3) is 0 Å². The molecule has 0 aromatic heterocycles. The molecule has 1 aliphatic rings. The smallest absolute Gasteiger partial charge is 0.321 e. The Balaban J connectivity index is 0.00000289. The number of urea groups is 1. The molecule has 1 unspecified atom stereocenters. The van der Waals surface area contributed by atoms with Crippen LogP contribution >= 0.6 is 12.4 Å². The van der Waals surface area contributed by atoms with Gasteiger partial charge >= 0.3 is 6.03 Å². The van der Waals surface area contributed by atoms with Crippen molar-refractivity contribution in [1.29, 1.82) is 0 Å². The predicted molar refractivity (Wildman–Crippen MR) is 73.0 cm³/mol. The zero-order valence-electron chi connectivity index (χ0n) is 11.0. The molecular weight excluding hydrogens is 256 g/mol. The number of hydrogen-bond donors (Lipinski definition) is 3. The van der Waals surface area contributed by atoms with E-state index in [1.54, 1.807) is 0 Å². The molecule has 7 heteroatoms. The summed E-state index contributed by atoms with van der Waals surface area (Å²) < 4.78 is 0. The third-order valence-corrected chi connectivity index (χ3v) is 2.88. The van der Waals surface area contributed by atoms with E-state index in [0.717, 1.165) is 32.6 Å². The summed E-state index contributed by atoms with van der Waals surface area (Å²) in [5.74, 6) is -0.238. The van der Waals surface area contributed by atoms with E-state index in [1.807, 2.05) is 13.8 Å². The molecule has 106 valence electrons. The lowest BCUT2D eigenvalue weighted by Crippen LogP contribution is -2.50. The summed E-state index contributed by atoms with van der Waals surface area (Å²) in [6.45, 7) is 7.76. The normalized spacial score (nSPS) is 18.1. The number of amides is 3. The van der Waals surface area contributed by atoms with Gasteiger partial charge in [-0.15, -0.1) is 12.4 Å². The maximum atomic E-state index is 11.8. The van der Waals surface area contributed by atoms with E-state index in [9.17, 15) is 9.59 Å². The third-order valence-electron chi connectivity index (χ3n) is 2.88.